The van der Waals surface area contributed by atoms with Gasteiger partial charge in [-0.25, -0.2) is 0 Å². The third kappa shape index (κ3) is 4.47. The highest BCUT2D eigenvalue weighted by atomic mass is 32.1. The van der Waals surface area contributed by atoms with Crippen LogP contribution in [0.15, 0.2) is 47.8 Å². The molecule has 0 radical (unpaired) electrons. The molecule has 0 saturated carbocycles. The lowest BCUT2D eigenvalue weighted by Gasteiger charge is -2.16. The van der Waals surface area contributed by atoms with E-state index in [1.165, 1.54) is 4.88 Å². The van der Waals surface area contributed by atoms with Gasteiger partial charge in [0, 0.05) is 11.3 Å². The summed E-state index contributed by atoms with van der Waals surface area (Å²) in [6.45, 7) is -0.0827. The number of aryl methyl sites for hydroxylation is 1. The van der Waals surface area contributed by atoms with Crippen molar-refractivity contribution in [1.82, 2.24) is 5.32 Å². The summed E-state index contributed by atoms with van der Waals surface area (Å²) in [5, 5.41) is 14.3. The fraction of sp³-hybridized carbons (Fsp3) is 0.312. The van der Waals surface area contributed by atoms with Crippen LogP contribution < -0.4 is 5.32 Å². The summed E-state index contributed by atoms with van der Waals surface area (Å²) in [6.07, 6.45) is 2.25. The minimum Gasteiger partial charge on any atom is -0.394 e. The molecule has 1 unspecified atom stereocenters. The van der Waals surface area contributed by atoms with Crippen LogP contribution in [0.4, 0.5) is 0 Å². The van der Waals surface area contributed by atoms with E-state index in [1.807, 2.05) is 41.8 Å². The summed E-state index contributed by atoms with van der Waals surface area (Å²) < 4.78 is 0. The SMILES string of the molecule is O=C(CCCc1cccs1)NC(CO)c1ccccc1. The van der Waals surface area contributed by atoms with Crippen LogP contribution in [0.5, 0.6) is 0 Å². The molecule has 0 bridgehead atoms. The van der Waals surface area contributed by atoms with Gasteiger partial charge in [0.1, 0.15) is 0 Å². The number of carbonyl (C=O) groups is 1. The first-order valence-electron chi connectivity index (χ1n) is 6.77. The Bertz CT molecular complexity index is 511. The van der Waals surface area contributed by atoms with Gasteiger partial charge in [0.2, 0.25) is 5.91 Å². The van der Waals surface area contributed by atoms with E-state index in [0.29, 0.717) is 6.42 Å². The summed E-state index contributed by atoms with van der Waals surface area (Å²) in [7, 11) is 0. The Morgan fingerprint density at radius 2 is 2.00 bits per heavy atom. The van der Waals surface area contributed by atoms with Crippen LogP contribution in [0, 0.1) is 0 Å². The summed E-state index contributed by atoms with van der Waals surface area (Å²) in [5.41, 5.74) is 0.932. The standard InChI is InChI=1S/C16H19NO2S/c18-12-15(13-6-2-1-3-7-13)17-16(19)10-4-8-14-9-5-11-20-14/h1-3,5-7,9,11,15,18H,4,8,10,12H2,(H,17,19). The molecule has 106 valence electrons. The van der Waals surface area contributed by atoms with Crippen LogP contribution in [0.1, 0.15) is 29.3 Å². The van der Waals surface area contributed by atoms with Gasteiger partial charge in [-0.05, 0) is 29.9 Å². The van der Waals surface area contributed by atoms with Crippen LogP contribution in [0.25, 0.3) is 0 Å². The molecule has 4 heteroatoms. The van der Waals surface area contributed by atoms with E-state index >= 15 is 0 Å². The number of hydrogen-bond donors (Lipinski definition) is 2. The zero-order chi connectivity index (χ0) is 14.2. The smallest absolute Gasteiger partial charge is 0.220 e. The van der Waals surface area contributed by atoms with E-state index in [2.05, 4.69) is 11.4 Å². The Labute approximate surface area is 123 Å². The lowest BCUT2D eigenvalue weighted by molar-refractivity contribution is -0.122. The topological polar surface area (TPSA) is 49.3 Å². The second-order valence-electron chi connectivity index (χ2n) is 4.65. The monoisotopic (exact) mass is 289 g/mol. The maximum atomic E-state index is 11.9. The average molecular weight is 289 g/mol. The predicted molar refractivity (Wildman–Crippen MR) is 81.7 cm³/mol. The van der Waals surface area contributed by atoms with Gasteiger partial charge in [-0.3, -0.25) is 4.79 Å². The molecule has 0 spiro atoms. The van der Waals surface area contributed by atoms with Crippen LogP contribution in [0.2, 0.25) is 0 Å². The molecular weight excluding hydrogens is 270 g/mol. The van der Waals surface area contributed by atoms with Crippen molar-refractivity contribution in [3.63, 3.8) is 0 Å². The van der Waals surface area contributed by atoms with Crippen molar-refractivity contribution in [2.24, 2.45) is 0 Å². The summed E-state index contributed by atoms with van der Waals surface area (Å²) in [6, 6.07) is 13.3. The van der Waals surface area contributed by atoms with Gasteiger partial charge in [0.15, 0.2) is 0 Å². The first-order valence-corrected chi connectivity index (χ1v) is 7.65. The molecule has 20 heavy (non-hydrogen) atoms. The molecule has 1 heterocycles. The van der Waals surface area contributed by atoms with Crippen molar-refractivity contribution in [3.8, 4) is 0 Å². The fourth-order valence-corrected chi connectivity index (χ4v) is 2.82. The molecule has 3 nitrogen and oxygen atoms in total. The van der Waals surface area contributed by atoms with Crippen molar-refractivity contribution < 1.29 is 9.90 Å². The normalized spacial score (nSPS) is 12.1. The van der Waals surface area contributed by atoms with E-state index in [0.717, 1.165) is 18.4 Å². The molecule has 0 saturated heterocycles. The number of rotatable bonds is 7. The maximum absolute atomic E-state index is 11.9. The van der Waals surface area contributed by atoms with Gasteiger partial charge in [-0.1, -0.05) is 36.4 Å². The first kappa shape index (κ1) is 14.8. The first-order chi connectivity index (χ1) is 9.79. The number of amides is 1. The van der Waals surface area contributed by atoms with Crippen LogP contribution in [0.3, 0.4) is 0 Å². The molecular formula is C16H19NO2S. The average Bonchev–Trinajstić information content (AvgIpc) is 2.99. The molecule has 1 aromatic heterocycles. The van der Waals surface area contributed by atoms with Gasteiger partial charge >= 0.3 is 0 Å². The predicted octanol–water partition coefficient (Wildman–Crippen LogP) is 2.92. The van der Waals surface area contributed by atoms with E-state index in [4.69, 9.17) is 0 Å². The van der Waals surface area contributed by atoms with E-state index in [-0.39, 0.29) is 18.6 Å². The van der Waals surface area contributed by atoms with Crippen molar-refractivity contribution in [2.75, 3.05) is 6.61 Å². The third-order valence-corrected chi connectivity index (χ3v) is 4.06. The quantitative estimate of drug-likeness (QED) is 0.823. The minimum atomic E-state index is -0.314. The van der Waals surface area contributed by atoms with Crippen LogP contribution in [-0.2, 0) is 11.2 Å². The Morgan fingerprint density at radius 1 is 1.20 bits per heavy atom. The maximum Gasteiger partial charge on any atom is 0.220 e. The number of carbonyl (C=O) groups excluding carboxylic acids is 1. The Hall–Kier alpha value is -1.65. The molecule has 0 fully saturated rings. The number of benzene rings is 1. The molecule has 0 aliphatic heterocycles. The molecule has 2 aromatic rings. The molecule has 1 aromatic carbocycles. The second kappa shape index (κ2) is 7.82. The Kier molecular flexibility index (Phi) is 5.77. The highest BCUT2D eigenvalue weighted by Crippen LogP contribution is 2.14. The van der Waals surface area contributed by atoms with Gasteiger partial charge in [-0.15, -0.1) is 11.3 Å². The number of aliphatic hydroxyl groups excluding tert-OH is 1. The van der Waals surface area contributed by atoms with Crippen molar-refractivity contribution in [3.05, 3.63) is 58.3 Å². The summed E-state index contributed by atoms with van der Waals surface area (Å²) in [5.74, 6) is -0.00976. The van der Waals surface area contributed by atoms with Gasteiger partial charge < -0.3 is 10.4 Å². The van der Waals surface area contributed by atoms with Gasteiger partial charge in [-0.2, -0.15) is 0 Å². The van der Waals surface area contributed by atoms with Crippen LogP contribution in [-0.4, -0.2) is 17.6 Å². The fourth-order valence-electron chi connectivity index (χ4n) is 2.06. The van der Waals surface area contributed by atoms with Gasteiger partial charge in [0.25, 0.3) is 0 Å². The highest BCUT2D eigenvalue weighted by Gasteiger charge is 2.12. The van der Waals surface area contributed by atoms with E-state index in [1.54, 1.807) is 11.3 Å². The molecule has 1 amide bonds. The summed E-state index contributed by atoms with van der Waals surface area (Å²) >= 11 is 1.72. The Balaban J connectivity index is 1.78. The molecule has 1 atom stereocenters. The zero-order valence-corrected chi connectivity index (χ0v) is 12.1. The second-order valence-corrected chi connectivity index (χ2v) is 5.68. The van der Waals surface area contributed by atoms with Crippen molar-refractivity contribution in [2.45, 2.75) is 25.3 Å². The van der Waals surface area contributed by atoms with Crippen molar-refractivity contribution in [1.29, 1.82) is 0 Å². The number of aliphatic hydroxyl groups is 1. The lowest BCUT2D eigenvalue weighted by atomic mass is 10.1. The summed E-state index contributed by atoms with van der Waals surface area (Å²) in [4.78, 5) is 13.2. The van der Waals surface area contributed by atoms with E-state index < -0.39 is 0 Å². The van der Waals surface area contributed by atoms with E-state index in [9.17, 15) is 9.90 Å². The minimum absolute atomic E-state index is 0.00976. The number of hydrogen-bond acceptors (Lipinski definition) is 3. The van der Waals surface area contributed by atoms with Crippen molar-refractivity contribution >= 4 is 17.2 Å². The molecule has 0 aliphatic rings. The number of nitrogens with one attached hydrogen (secondary N) is 1. The Morgan fingerprint density at radius 3 is 2.65 bits per heavy atom. The molecule has 2 N–H and O–H groups in total. The van der Waals surface area contributed by atoms with Crippen LogP contribution >= 0.6 is 11.3 Å². The largest absolute Gasteiger partial charge is 0.394 e. The zero-order valence-electron chi connectivity index (χ0n) is 11.3. The molecule has 2 rings (SSSR count). The van der Waals surface area contributed by atoms with Gasteiger partial charge in [0.05, 0.1) is 12.6 Å². The highest BCUT2D eigenvalue weighted by molar-refractivity contribution is 7.09. The number of thiophene rings is 1. The molecule has 0 aliphatic carbocycles. The third-order valence-electron chi connectivity index (χ3n) is 3.13. The lowest BCUT2D eigenvalue weighted by Crippen LogP contribution is -2.30.